The molecule has 0 spiro atoms. The minimum atomic E-state index is -4.11. The molecule has 4 N–H and O–H groups in total. The Balaban J connectivity index is 2.52. The van der Waals surface area contributed by atoms with Gasteiger partial charge < -0.3 is 0 Å². The normalized spacial score (nSPS) is 12.6. The third-order valence-electron chi connectivity index (χ3n) is 3.07. The molecule has 0 radical (unpaired) electrons. The van der Waals surface area contributed by atoms with Crippen LogP contribution < -0.4 is 11.8 Å². The molecule has 0 saturated carbocycles. The molecule has 2 rings (SSSR count). The zero-order valence-electron chi connectivity index (χ0n) is 12.2. The summed E-state index contributed by atoms with van der Waals surface area (Å²) in [7, 11) is -8.23. The van der Waals surface area contributed by atoms with Crippen LogP contribution in [0.4, 0.5) is 0 Å². The van der Waals surface area contributed by atoms with Gasteiger partial charge in [0.05, 0.1) is 0 Å². The topological polar surface area (TPSA) is 139 Å². The van der Waals surface area contributed by atoms with E-state index in [0.29, 0.717) is 0 Å². The third-order valence-corrected chi connectivity index (χ3v) is 5.40. The zero-order chi connectivity index (χ0) is 17.8. The minimum Gasteiger partial charge on any atom is -0.197 e. The van der Waals surface area contributed by atoms with E-state index in [-0.39, 0.29) is 20.9 Å². The van der Waals surface area contributed by atoms with Crippen molar-refractivity contribution in [3.8, 4) is 0 Å². The van der Waals surface area contributed by atoms with Gasteiger partial charge in [0.25, 0.3) is 0 Å². The van der Waals surface area contributed by atoms with Crippen LogP contribution in [0.5, 0.6) is 0 Å². The fourth-order valence-corrected chi connectivity index (χ4v) is 3.52. The van der Waals surface area contributed by atoms with Crippen molar-refractivity contribution in [2.75, 3.05) is 0 Å². The quantitative estimate of drug-likeness (QED) is 0.567. The maximum atomic E-state index is 11.8. The lowest BCUT2D eigenvalue weighted by Crippen LogP contribution is -2.12. The van der Waals surface area contributed by atoms with Gasteiger partial charge in [-0.2, -0.15) is 37.2 Å². The van der Waals surface area contributed by atoms with Gasteiger partial charge in [0.2, 0.25) is 0 Å². The molecule has 0 aliphatic heterocycles. The van der Waals surface area contributed by atoms with Crippen LogP contribution in [0.3, 0.4) is 0 Å². The molecule has 0 aliphatic rings. The Morgan fingerprint density at radius 2 is 1.00 bits per heavy atom. The van der Waals surface area contributed by atoms with Crippen molar-refractivity contribution in [3.05, 3.63) is 59.7 Å². The molecule has 0 heterocycles. The predicted octanol–water partition coefficient (Wildman–Crippen LogP) is 1.02. The van der Waals surface area contributed by atoms with Crippen molar-refractivity contribution in [1.29, 1.82) is 0 Å². The van der Waals surface area contributed by atoms with Gasteiger partial charge in [0.1, 0.15) is 9.79 Å². The van der Waals surface area contributed by atoms with Gasteiger partial charge in [-0.25, -0.2) is 0 Å². The molecule has 0 atom stereocenters. The van der Waals surface area contributed by atoms with Crippen LogP contribution in [-0.4, -0.2) is 16.8 Å². The van der Waals surface area contributed by atoms with Crippen LogP contribution >= 0.6 is 0 Å². The number of hydrogen-bond donors (Lipinski definition) is 2. The Morgan fingerprint density at radius 1 is 0.667 bits per heavy atom. The van der Waals surface area contributed by atoms with Crippen LogP contribution in [0.15, 0.2) is 58.3 Å². The fourth-order valence-electron chi connectivity index (χ4n) is 1.98. The molecule has 24 heavy (non-hydrogen) atoms. The lowest BCUT2D eigenvalue weighted by Gasteiger charge is -2.06. The molecule has 0 bridgehead atoms. The highest BCUT2D eigenvalue weighted by atomic mass is 32.2. The Kier molecular flexibility index (Phi) is 5.49. The maximum absolute atomic E-state index is 11.8. The molecule has 2 aromatic carbocycles. The first-order valence-corrected chi connectivity index (χ1v) is 9.26. The van der Waals surface area contributed by atoms with E-state index in [1.165, 1.54) is 48.6 Å². The van der Waals surface area contributed by atoms with Crippen LogP contribution in [0.2, 0.25) is 0 Å². The molecular formula is C14H14N2O6S2. The van der Waals surface area contributed by atoms with Gasteiger partial charge in [-0.3, -0.25) is 0 Å². The summed E-state index contributed by atoms with van der Waals surface area (Å²) in [6, 6.07) is 11.9. The first-order valence-electron chi connectivity index (χ1n) is 6.45. The van der Waals surface area contributed by atoms with E-state index in [1.54, 1.807) is 12.1 Å². The van der Waals surface area contributed by atoms with Crippen molar-refractivity contribution in [1.82, 2.24) is 0 Å². The summed E-state index contributed by atoms with van der Waals surface area (Å²) < 4.78 is 55.2. The van der Waals surface area contributed by atoms with Crippen molar-refractivity contribution in [2.45, 2.75) is 9.79 Å². The summed E-state index contributed by atoms with van der Waals surface area (Å²) >= 11 is 0. The van der Waals surface area contributed by atoms with E-state index in [1.807, 2.05) is 0 Å². The first-order chi connectivity index (χ1) is 11.3. The Bertz CT molecular complexity index is 889. The lowest BCUT2D eigenvalue weighted by atomic mass is 10.1. The lowest BCUT2D eigenvalue weighted by molar-refractivity contribution is 0.332. The number of nitrogens with two attached hydrogens (primary N) is 2. The molecule has 8 nitrogen and oxygen atoms in total. The fraction of sp³-hybridized carbons (Fsp3) is 0. The number of hydrogen-bond acceptors (Lipinski definition) is 8. The molecule has 0 aliphatic carbocycles. The molecule has 0 saturated heterocycles. The van der Waals surface area contributed by atoms with Crippen LogP contribution in [0.25, 0.3) is 12.2 Å². The molecule has 2 aromatic rings. The van der Waals surface area contributed by atoms with Crippen molar-refractivity contribution in [2.24, 2.45) is 11.8 Å². The van der Waals surface area contributed by atoms with Gasteiger partial charge in [0.15, 0.2) is 0 Å². The van der Waals surface area contributed by atoms with E-state index in [4.69, 9.17) is 11.8 Å². The highest BCUT2D eigenvalue weighted by Gasteiger charge is 2.18. The molecule has 128 valence electrons. The summed E-state index contributed by atoms with van der Waals surface area (Å²) in [6.45, 7) is 0. The van der Waals surface area contributed by atoms with E-state index >= 15 is 0 Å². The summed E-state index contributed by atoms with van der Waals surface area (Å²) in [6.07, 6.45) is 2.83. The largest absolute Gasteiger partial charge is 0.313 e. The maximum Gasteiger partial charge on any atom is 0.313 e. The smallest absolute Gasteiger partial charge is 0.197 e. The van der Waals surface area contributed by atoms with Gasteiger partial charge in [-0.1, -0.05) is 48.6 Å². The second kappa shape index (κ2) is 7.21. The molecule has 10 heteroatoms. The van der Waals surface area contributed by atoms with Crippen molar-refractivity contribution >= 4 is 32.4 Å². The SMILES string of the molecule is NOS(=O)(=O)c1ccccc1C=Cc1ccccc1S(=O)(=O)ON. The van der Waals surface area contributed by atoms with Gasteiger partial charge >= 0.3 is 20.2 Å². The monoisotopic (exact) mass is 370 g/mol. The van der Waals surface area contributed by atoms with E-state index in [2.05, 4.69) is 8.57 Å². The van der Waals surface area contributed by atoms with E-state index in [9.17, 15) is 16.8 Å². The number of benzene rings is 2. The average Bonchev–Trinajstić information content (AvgIpc) is 2.60. The summed E-state index contributed by atoms with van der Waals surface area (Å²) in [5.41, 5.74) is 0.535. The average molecular weight is 370 g/mol. The van der Waals surface area contributed by atoms with Gasteiger partial charge in [0, 0.05) is 0 Å². The highest BCUT2D eigenvalue weighted by molar-refractivity contribution is 7.87. The standard InChI is InChI=1S/C14H14N2O6S2/c15-21-23(17,18)13-7-3-1-5-11(13)9-10-12-6-2-4-8-14(12)24(19,20)22-16/h1-10H,15-16H2. The molecule has 0 fully saturated rings. The molecule has 0 unspecified atom stereocenters. The molecule has 0 aromatic heterocycles. The predicted molar refractivity (Wildman–Crippen MR) is 86.7 cm³/mol. The van der Waals surface area contributed by atoms with Crippen molar-refractivity contribution < 1.29 is 25.4 Å². The van der Waals surface area contributed by atoms with Gasteiger partial charge in [-0.05, 0) is 23.3 Å². The minimum absolute atomic E-state index is 0.154. The van der Waals surface area contributed by atoms with Crippen LogP contribution in [0, 0.1) is 0 Å². The summed E-state index contributed by atoms with van der Waals surface area (Å²) in [5, 5.41) is 0. The van der Waals surface area contributed by atoms with E-state index < -0.39 is 20.2 Å². The Morgan fingerprint density at radius 3 is 1.33 bits per heavy atom. The van der Waals surface area contributed by atoms with Crippen molar-refractivity contribution in [3.63, 3.8) is 0 Å². The highest BCUT2D eigenvalue weighted by Crippen LogP contribution is 2.22. The zero-order valence-corrected chi connectivity index (χ0v) is 13.8. The van der Waals surface area contributed by atoms with Gasteiger partial charge in [-0.15, -0.1) is 0 Å². The summed E-state index contributed by atoms with van der Waals surface area (Å²) in [5.74, 6) is 9.58. The second-order valence-electron chi connectivity index (χ2n) is 4.51. The Labute approximate surface area is 139 Å². The third kappa shape index (κ3) is 3.87. The first kappa shape index (κ1) is 18.3. The van der Waals surface area contributed by atoms with Crippen LogP contribution in [0.1, 0.15) is 11.1 Å². The van der Waals surface area contributed by atoms with E-state index in [0.717, 1.165) is 0 Å². The Hall–Kier alpha value is -2.08. The molecule has 0 amide bonds. The summed E-state index contributed by atoms with van der Waals surface area (Å²) in [4.78, 5) is -0.307. The number of rotatable bonds is 6. The van der Waals surface area contributed by atoms with Crippen LogP contribution in [-0.2, 0) is 28.8 Å². The second-order valence-corrected chi connectivity index (χ2v) is 7.59. The molecular weight excluding hydrogens is 356 g/mol.